The Kier molecular flexibility index (Phi) is 3.06. The molecule has 0 aromatic heterocycles. The predicted octanol–water partition coefficient (Wildman–Crippen LogP) is 2.52. The third-order valence-corrected chi connectivity index (χ3v) is 4.36. The number of anilines is 1. The van der Waals surface area contributed by atoms with Gasteiger partial charge < -0.3 is 11.1 Å². The van der Waals surface area contributed by atoms with Crippen LogP contribution in [0.2, 0.25) is 0 Å². The molecule has 1 unspecified atom stereocenters. The van der Waals surface area contributed by atoms with Crippen LogP contribution in [-0.4, -0.2) is 12.6 Å². The molecule has 3 N–H and O–H groups in total. The van der Waals surface area contributed by atoms with Crippen molar-refractivity contribution >= 4 is 5.69 Å². The predicted molar refractivity (Wildman–Crippen MR) is 72.0 cm³/mol. The Morgan fingerprint density at radius 1 is 1.18 bits per heavy atom. The summed E-state index contributed by atoms with van der Waals surface area (Å²) in [6.07, 6.45) is 7.96. The van der Waals surface area contributed by atoms with Crippen LogP contribution in [0.4, 0.5) is 5.69 Å². The van der Waals surface area contributed by atoms with Crippen LogP contribution in [0.1, 0.15) is 36.8 Å². The topological polar surface area (TPSA) is 38.0 Å². The minimum atomic E-state index is 0.810. The molecule has 1 atom stereocenters. The Balaban J connectivity index is 1.59. The van der Waals surface area contributed by atoms with E-state index in [1.165, 1.54) is 56.2 Å². The quantitative estimate of drug-likeness (QED) is 0.783. The average Bonchev–Trinajstić information content (AvgIpc) is 2.26. The number of hydrogen-bond donors (Lipinski definition) is 2. The van der Waals surface area contributed by atoms with Crippen molar-refractivity contribution in [3.05, 3.63) is 29.3 Å². The van der Waals surface area contributed by atoms with E-state index in [1.807, 2.05) is 6.07 Å². The van der Waals surface area contributed by atoms with Crippen LogP contribution in [0.3, 0.4) is 0 Å². The number of aryl methyl sites for hydroxylation is 1. The summed E-state index contributed by atoms with van der Waals surface area (Å²) in [6.45, 7) is 1.19. The Morgan fingerprint density at radius 2 is 2.06 bits per heavy atom. The monoisotopic (exact) mass is 230 g/mol. The fourth-order valence-electron chi connectivity index (χ4n) is 2.97. The number of nitrogens with two attached hydrogens (primary N) is 1. The SMILES string of the molecule is Nc1ccc2c(c1)CC(CNC1CCC1)CC2. The van der Waals surface area contributed by atoms with Gasteiger partial charge in [-0.25, -0.2) is 0 Å². The highest BCUT2D eigenvalue weighted by Gasteiger charge is 2.21. The highest BCUT2D eigenvalue weighted by molar-refractivity contribution is 5.45. The fraction of sp³-hybridized carbons (Fsp3) is 0.600. The first-order valence-corrected chi connectivity index (χ1v) is 6.92. The molecule has 0 radical (unpaired) electrons. The molecule has 2 nitrogen and oxygen atoms in total. The first-order chi connectivity index (χ1) is 8.31. The summed E-state index contributed by atoms with van der Waals surface area (Å²) in [5.41, 5.74) is 9.77. The normalized spacial score (nSPS) is 24.1. The first-order valence-electron chi connectivity index (χ1n) is 6.92. The van der Waals surface area contributed by atoms with E-state index in [0.717, 1.165) is 17.6 Å². The third kappa shape index (κ3) is 2.47. The molecule has 3 rings (SSSR count). The fourth-order valence-corrected chi connectivity index (χ4v) is 2.97. The van der Waals surface area contributed by atoms with Crippen molar-refractivity contribution in [1.29, 1.82) is 0 Å². The highest BCUT2D eigenvalue weighted by Crippen LogP contribution is 2.27. The van der Waals surface area contributed by atoms with E-state index in [0.29, 0.717) is 0 Å². The van der Waals surface area contributed by atoms with E-state index < -0.39 is 0 Å². The molecule has 1 saturated carbocycles. The lowest BCUT2D eigenvalue weighted by atomic mass is 9.83. The second kappa shape index (κ2) is 4.69. The van der Waals surface area contributed by atoms with Gasteiger partial charge in [0.25, 0.3) is 0 Å². The smallest absolute Gasteiger partial charge is 0.0316 e. The second-order valence-electron chi connectivity index (χ2n) is 5.67. The van der Waals surface area contributed by atoms with Gasteiger partial charge in [0.2, 0.25) is 0 Å². The van der Waals surface area contributed by atoms with E-state index in [4.69, 9.17) is 5.73 Å². The lowest BCUT2D eigenvalue weighted by Gasteiger charge is -2.31. The van der Waals surface area contributed by atoms with Crippen LogP contribution in [-0.2, 0) is 12.8 Å². The maximum atomic E-state index is 5.86. The lowest BCUT2D eigenvalue weighted by Crippen LogP contribution is -2.39. The molecule has 17 heavy (non-hydrogen) atoms. The Bertz CT molecular complexity index is 396. The van der Waals surface area contributed by atoms with Crippen molar-refractivity contribution in [1.82, 2.24) is 5.32 Å². The van der Waals surface area contributed by atoms with Gasteiger partial charge >= 0.3 is 0 Å². The van der Waals surface area contributed by atoms with E-state index in [1.54, 1.807) is 0 Å². The summed E-state index contributed by atoms with van der Waals surface area (Å²) in [4.78, 5) is 0. The van der Waals surface area contributed by atoms with Crippen LogP contribution in [0, 0.1) is 5.92 Å². The van der Waals surface area contributed by atoms with Gasteiger partial charge in [0.15, 0.2) is 0 Å². The van der Waals surface area contributed by atoms with Crippen molar-refractivity contribution in [3.63, 3.8) is 0 Å². The van der Waals surface area contributed by atoms with Crippen molar-refractivity contribution in [2.45, 2.75) is 44.6 Å². The number of rotatable bonds is 3. The molecule has 0 bridgehead atoms. The number of nitrogens with one attached hydrogen (secondary N) is 1. The molecule has 92 valence electrons. The number of hydrogen-bond acceptors (Lipinski definition) is 2. The van der Waals surface area contributed by atoms with Crippen LogP contribution in [0.15, 0.2) is 18.2 Å². The highest BCUT2D eigenvalue weighted by atomic mass is 14.9. The molecule has 1 aromatic carbocycles. The largest absolute Gasteiger partial charge is 0.399 e. The van der Waals surface area contributed by atoms with Gasteiger partial charge in [0.1, 0.15) is 0 Å². The van der Waals surface area contributed by atoms with Gasteiger partial charge in [-0.1, -0.05) is 12.5 Å². The van der Waals surface area contributed by atoms with E-state index in [2.05, 4.69) is 17.4 Å². The average molecular weight is 230 g/mol. The standard InChI is InChI=1S/C15H22N2/c16-14-7-6-12-5-4-11(8-13(12)9-14)10-17-15-2-1-3-15/h6-7,9,11,15,17H,1-5,8,10,16H2. The van der Waals surface area contributed by atoms with Gasteiger partial charge in [-0.05, 0) is 67.8 Å². The summed E-state index contributed by atoms with van der Waals surface area (Å²) in [5.74, 6) is 0.810. The summed E-state index contributed by atoms with van der Waals surface area (Å²) in [6, 6.07) is 7.23. The van der Waals surface area contributed by atoms with E-state index in [-0.39, 0.29) is 0 Å². The van der Waals surface area contributed by atoms with Gasteiger partial charge in [0, 0.05) is 11.7 Å². The Morgan fingerprint density at radius 3 is 2.82 bits per heavy atom. The molecule has 2 aliphatic rings. The van der Waals surface area contributed by atoms with E-state index >= 15 is 0 Å². The Hall–Kier alpha value is -1.02. The van der Waals surface area contributed by atoms with Crippen molar-refractivity contribution < 1.29 is 0 Å². The van der Waals surface area contributed by atoms with Crippen LogP contribution >= 0.6 is 0 Å². The lowest BCUT2D eigenvalue weighted by molar-refractivity contribution is 0.305. The van der Waals surface area contributed by atoms with Gasteiger partial charge in [-0.2, -0.15) is 0 Å². The van der Waals surface area contributed by atoms with Gasteiger partial charge in [-0.15, -0.1) is 0 Å². The number of nitrogen functional groups attached to an aromatic ring is 1. The van der Waals surface area contributed by atoms with Crippen LogP contribution < -0.4 is 11.1 Å². The first kappa shape index (κ1) is 11.1. The molecule has 0 aliphatic heterocycles. The molecular formula is C15H22N2. The molecule has 1 aromatic rings. The molecule has 1 fully saturated rings. The maximum Gasteiger partial charge on any atom is 0.0316 e. The van der Waals surface area contributed by atoms with Gasteiger partial charge in [-0.3, -0.25) is 0 Å². The minimum absolute atomic E-state index is 0.810. The summed E-state index contributed by atoms with van der Waals surface area (Å²) < 4.78 is 0. The summed E-state index contributed by atoms with van der Waals surface area (Å²) in [5, 5.41) is 3.70. The Labute approximate surface area is 104 Å². The van der Waals surface area contributed by atoms with Crippen molar-refractivity contribution in [2.24, 2.45) is 5.92 Å². The zero-order chi connectivity index (χ0) is 11.7. The van der Waals surface area contributed by atoms with Crippen molar-refractivity contribution in [2.75, 3.05) is 12.3 Å². The molecule has 0 saturated heterocycles. The summed E-state index contributed by atoms with van der Waals surface area (Å²) >= 11 is 0. The van der Waals surface area contributed by atoms with E-state index in [9.17, 15) is 0 Å². The zero-order valence-electron chi connectivity index (χ0n) is 10.4. The molecule has 0 heterocycles. The third-order valence-electron chi connectivity index (χ3n) is 4.36. The maximum absolute atomic E-state index is 5.86. The van der Waals surface area contributed by atoms with Gasteiger partial charge in [0.05, 0.1) is 0 Å². The second-order valence-corrected chi connectivity index (χ2v) is 5.67. The number of benzene rings is 1. The molecule has 2 aliphatic carbocycles. The summed E-state index contributed by atoms with van der Waals surface area (Å²) in [7, 11) is 0. The number of fused-ring (bicyclic) bond motifs is 1. The minimum Gasteiger partial charge on any atom is -0.399 e. The van der Waals surface area contributed by atoms with Crippen molar-refractivity contribution in [3.8, 4) is 0 Å². The molecule has 0 amide bonds. The van der Waals surface area contributed by atoms with Crippen LogP contribution in [0.5, 0.6) is 0 Å². The zero-order valence-corrected chi connectivity index (χ0v) is 10.4. The molecule has 0 spiro atoms. The molecule has 2 heteroatoms. The molecular weight excluding hydrogens is 208 g/mol. The van der Waals surface area contributed by atoms with Crippen LogP contribution in [0.25, 0.3) is 0 Å².